The molecule has 1 aromatic carbocycles. The molecule has 0 spiro atoms. The van der Waals surface area contributed by atoms with Crippen LogP contribution in [0, 0.1) is 17.7 Å². The SMILES string of the molecule is CN(Cc1ccc(C#CCO)cc1F)CC1CCCN1C. The van der Waals surface area contributed by atoms with E-state index < -0.39 is 0 Å². The van der Waals surface area contributed by atoms with Gasteiger partial charge >= 0.3 is 0 Å². The van der Waals surface area contributed by atoms with E-state index in [1.54, 1.807) is 12.1 Å². The molecule has 1 saturated heterocycles. The minimum Gasteiger partial charge on any atom is -0.384 e. The van der Waals surface area contributed by atoms with Crippen molar-refractivity contribution in [1.29, 1.82) is 0 Å². The number of likely N-dealkylation sites (tertiary alicyclic amines) is 1. The Morgan fingerprint density at radius 1 is 1.48 bits per heavy atom. The third-order valence-electron chi connectivity index (χ3n) is 4.00. The largest absolute Gasteiger partial charge is 0.384 e. The van der Waals surface area contributed by atoms with E-state index in [4.69, 9.17) is 5.11 Å². The molecule has 0 amide bonds. The van der Waals surface area contributed by atoms with Gasteiger partial charge in [0.05, 0.1) is 0 Å². The Hall–Kier alpha value is -1.41. The van der Waals surface area contributed by atoms with Gasteiger partial charge in [-0.1, -0.05) is 17.9 Å². The van der Waals surface area contributed by atoms with Crippen molar-refractivity contribution >= 4 is 0 Å². The van der Waals surface area contributed by atoms with Crippen molar-refractivity contribution in [1.82, 2.24) is 9.80 Å². The van der Waals surface area contributed by atoms with Crippen LogP contribution in [0.1, 0.15) is 24.0 Å². The van der Waals surface area contributed by atoms with Crippen LogP contribution in [0.2, 0.25) is 0 Å². The quantitative estimate of drug-likeness (QED) is 0.855. The van der Waals surface area contributed by atoms with Crippen molar-refractivity contribution in [2.45, 2.75) is 25.4 Å². The fourth-order valence-electron chi connectivity index (χ4n) is 2.82. The van der Waals surface area contributed by atoms with E-state index in [1.165, 1.54) is 18.9 Å². The fourth-order valence-corrected chi connectivity index (χ4v) is 2.82. The predicted molar refractivity (Wildman–Crippen MR) is 82.3 cm³/mol. The molecule has 1 aliphatic rings. The van der Waals surface area contributed by atoms with E-state index in [0.717, 1.165) is 13.1 Å². The van der Waals surface area contributed by atoms with E-state index in [2.05, 4.69) is 28.7 Å². The molecule has 0 bridgehead atoms. The Morgan fingerprint density at radius 2 is 2.29 bits per heavy atom. The first-order valence-electron chi connectivity index (χ1n) is 7.37. The van der Waals surface area contributed by atoms with E-state index in [9.17, 15) is 4.39 Å². The van der Waals surface area contributed by atoms with Crippen LogP contribution in [0.15, 0.2) is 18.2 Å². The Morgan fingerprint density at radius 3 is 2.90 bits per heavy atom. The van der Waals surface area contributed by atoms with Crippen LogP contribution in [0.5, 0.6) is 0 Å². The van der Waals surface area contributed by atoms with Gasteiger partial charge in [0.2, 0.25) is 0 Å². The van der Waals surface area contributed by atoms with Crippen LogP contribution in [-0.2, 0) is 6.54 Å². The van der Waals surface area contributed by atoms with Crippen LogP contribution >= 0.6 is 0 Å². The summed E-state index contributed by atoms with van der Waals surface area (Å²) >= 11 is 0. The number of hydrogen-bond donors (Lipinski definition) is 1. The number of nitrogens with zero attached hydrogens (tertiary/aromatic N) is 2. The summed E-state index contributed by atoms with van der Waals surface area (Å²) in [5.41, 5.74) is 1.29. The van der Waals surface area contributed by atoms with Gasteiger partial charge in [-0.05, 0) is 45.6 Å². The first-order valence-corrected chi connectivity index (χ1v) is 7.37. The van der Waals surface area contributed by atoms with Crippen molar-refractivity contribution < 1.29 is 9.50 Å². The average Bonchev–Trinajstić information content (AvgIpc) is 2.84. The second-order valence-corrected chi connectivity index (χ2v) is 5.74. The summed E-state index contributed by atoms with van der Waals surface area (Å²) < 4.78 is 14.1. The number of benzene rings is 1. The highest BCUT2D eigenvalue weighted by Gasteiger charge is 2.22. The van der Waals surface area contributed by atoms with Gasteiger partial charge in [-0.15, -0.1) is 0 Å². The molecule has 1 N–H and O–H groups in total. The highest BCUT2D eigenvalue weighted by molar-refractivity contribution is 5.37. The number of likely N-dealkylation sites (N-methyl/N-ethyl adjacent to an activating group) is 2. The molecule has 1 fully saturated rings. The third kappa shape index (κ3) is 4.53. The fraction of sp³-hybridized carbons (Fsp3) is 0.529. The van der Waals surface area contributed by atoms with E-state index in [-0.39, 0.29) is 12.4 Å². The molecular weight excluding hydrogens is 267 g/mol. The summed E-state index contributed by atoms with van der Waals surface area (Å²) in [7, 11) is 4.19. The standard InChI is InChI=1S/C17H23FN2O/c1-19(13-16-6-3-9-20(16)2)12-15-8-7-14(5-4-10-21)11-17(15)18/h7-8,11,16,21H,3,6,9-10,12-13H2,1-2H3. The zero-order chi connectivity index (χ0) is 15.2. The molecular formula is C17H23FN2O. The average molecular weight is 290 g/mol. The maximum absolute atomic E-state index is 14.1. The second kappa shape index (κ2) is 7.56. The maximum Gasteiger partial charge on any atom is 0.128 e. The van der Waals surface area contributed by atoms with E-state index >= 15 is 0 Å². The van der Waals surface area contributed by atoms with E-state index in [0.29, 0.717) is 23.7 Å². The van der Waals surface area contributed by atoms with Gasteiger partial charge in [0.1, 0.15) is 12.4 Å². The lowest BCUT2D eigenvalue weighted by Gasteiger charge is -2.25. The number of rotatable bonds is 4. The van der Waals surface area contributed by atoms with Crippen molar-refractivity contribution in [2.75, 3.05) is 33.8 Å². The van der Waals surface area contributed by atoms with Gasteiger partial charge in [0.25, 0.3) is 0 Å². The van der Waals surface area contributed by atoms with Gasteiger partial charge in [-0.2, -0.15) is 0 Å². The molecule has 1 atom stereocenters. The van der Waals surface area contributed by atoms with Crippen LogP contribution in [0.3, 0.4) is 0 Å². The summed E-state index contributed by atoms with van der Waals surface area (Å²) in [5, 5.41) is 8.65. The van der Waals surface area contributed by atoms with Gasteiger partial charge in [0, 0.05) is 30.3 Å². The van der Waals surface area contributed by atoms with Crippen LogP contribution in [0.25, 0.3) is 0 Å². The lowest BCUT2D eigenvalue weighted by Crippen LogP contribution is -2.36. The van der Waals surface area contributed by atoms with Gasteiger partial charge < -0.3 is 14.9 Å². The first-order chi connectivity index (χ1) is 10.1. The molecule has 1 aliphatic heterocycles. The molecule has 4 heteroatoms. The smallest absolute Gasteiger partial charge is 0.128 e. The molecule has 21 heavy (non-hydrogen) atoms. The van der Waals surface area contributed by atoms with Gasteiger partial charge in [-0.25, -0.2) is 4.39 Å². The summed E-state index contributed by atoms with van der Waals surface area (Å²) in [6.45, 7) is 2.51. The highest BCUT2D eigenvalue weighted by atomic mass is 19.1. The zero-order valence-electron chi connectivity index (χ0n) is 12.8. The molecule has 0 radical (unpaired) electrons. The second-order valence-electron chi connectivity index (χ2n) is 5.74. The first kappa shape index (κ1) is 16.0. The van der Waals surface area contributed by atoms with Crippen molar-refractivity contribution in [3.63, 3.8) is 0 Å². The molecule has 1 aromatic rings. The number of hydrogen-bond acceptors (Lipinski definition) is 3. The lowest BCUT2D eigenvalue weighted by molar-refractivity contribution is 0.214. The summed E-state index contributed by atoms with van der Waals surface area (Å²) in [4.78, 5) is 4.55. The summed E-state index contributed by atoms with van der Waals surface area (Å²) in [5.74, 6) is 5.02. The number of aliphatic hydroxyl groups is 1. The van der Waals surface area contributed by atoms with Crippen LogP contribution in [-0.4, -0.2) is 54.7 Å². The maximum atomic E-state index is 14.1. The number of halogens is 1. The molecule has 0 aromatic heterocycles. The monoisotopic (exact) mass is 290 g/mol. The Kier molecular flexibility index (Phi) is 5.75. The molecule has 1 unspecified atom stereocenters. The molecule has 3 nitrogen and oxygen atoms in total. The number of aliphatic hydroxyl groups excluding tert-OH is 1. The minimum absolute atomic E-state index is 0.207. The Bertz CT molecular complexity index is 535. The molecule has 0 aliphatic carbocycles. The Labute approximate surface area is 126 Å². The van der Waals surface area contributed by atoms with Crippen LogP contribution < -0.4 is 0 Å². The predicted octanol–water partition coefficient (Wildman–Crippen LogP) is 1.70. The summed E-state index contributed by atoms with van der Waals surface area (Å²) in [6.07, 6.45) is 2.47. The summed E-state index contributed by atoms with van der Waals surface area (Å²) in [6, 6.07) is 5.60. The van der Waals surface area contributed by atoms with Crippen molar-refractivity contribution in [3.8, 4) is 11.8 Å². The van der Waals surface area contributed by atoms with E-state index in [1.807, 2.05) is 7.05 Å². The lowest BCUT2D eigenvalue weighted by atomic mass is 10.1. The van der Waals surface area contributed by atoms with Crippen LogP contribution in [0.4, 0.5) is 4.39 Å². The molecule has 0 saturated carbocycles. The van der Waals surface area contributed by atoms with Gasteiger partial charge in [-0.3, -0.25) is 0 Å². The molecule has 114 valence electrons. The topological polar surface area (TPSA) is 26.7 Å². The Balaban J connectivity index is 1.95. The minimum atomic E-state index is -0.230. The highest BCUT2D eigenvalue weighted by Crippen LogP contribution is 2.17. The van der Waals surface area contributed by atoms with Gasteiger partial charge in [0.15, 0.2) is 0 Å². The molecule has 2 rings (SSSR count). The molecule has 1 heterocycles. The third-order valence-corrected chi connectivity index (χ3v) is 4.00. The zero-order valence-corrected chi connectivity index (χ0v) is 12.8. The van der Waals surface area contributed by atoms with Crippen molar-refractivity contribution in [2.24, 2.45) is 0 Å². The van der Waals surface area contributed by atoms with Crippen molar-refractivity contribution in [3.05, 3.63) is 35.1 Å². The normalized spacial score (nSPS) is 18.8.